The van der Waals surface area contributed by atoms with Crippen molar-refractivity contribution in [2.45, 2.75) is 24.7 Å². The molecule has 1 aliphatic carbocycles. The summed E-state index contributed by atoms with van der Waals surface area (Å²) in [5.74, 6) is 5.64. The molecular weight excluding hydrogens is 216 g/mol. The van der Waals surface area contributed by atoms with E-state index in [4.69, 9.17) is 12.8 Å². The molecular formula is C18H14. The van der Waals surface area contributed by atoms with Gasteiger partial charge in [0.15, 0.2) is 0 Å². The second kappa shape index (κ2) is 3.94. The molecule has 0 unspecified atom stereocenters. The highest BCUT2D eigenvalue weighted by Gasteiger charge is 2.38. The first-order valence-corrected chi connectivity index (χ1v) is 6.19. The summed E-state index contributed by atoms with van der Waals surface area (Å²) < 4.78 is 0. The summed E-state index contributed by atoms with van der Waals surface area (Å²) >= 11 is 0. The van der Waals surface area contributed by atoms with Crippen LogP contribution in [-0.4, -0.2) is 0 Å². The zero-order valence-corrected chi connectivity index (χ0v) is 10.2. The average molecular weight is 230 g/mol. The molecule has 2 aromatic carbocycles. The van der Waals surface area contributed by atoms with Gasteiger partial charge in [0.2, 0.25) is 0 Å². The normalized spacial score (nSPS) is 15.2. The second-order valence-corrected chi connectivity index (χ2v) is 5.04. The highest BCUT2D eigenvalue weighted by molar-refractivity contribution is 5.92. The highest BCUT2D eigenvalue weighted by Crippen LogP contribution is 2.46. The van der Waals surface area contributed by atoms with Crippen molar-refractivity contribution in [1.82, 2.24) is 0 Å². The molecule has 86 valence electrons. The molecule has 0 aliphatic heterocycles. The molecule has 1 aliphatic rings. The van der Waals surface area contributed by atoms with Crippen LogP contribution in [0.4, 0.5) is 0 Å². The monoisotopic (exact) mass is 230 g/mol. The van der Waals surface area contributed by atoms with E-state index in [1.165, 1.54) is 21.9 Å². The molecule has 0 amide bonds. The molecule has 0 bridgehead atoms. The van der Waals surface area contributed by atoms with Crippen LogP contribution in [0.3, 0.4) is 0 Å². The number of rotatable bonds is 2. The Morgan fingerprint density at radius 1 is 1.00 bits per heavy atom. The summed E-state index contributed by atoms with van der Waals surface area (Å²) in [6, 6.07) is 12.9. The average Bonchev–Trinajstić information content (AvgIpc) is 2.68. The molecule has 0 heteroatoms. The molecule has 0 fully saturated rings. The van der Waals surface area contributed by atoms with Crippen molar-refractivity contribution in [2.24, 2.45) is 0 Å². The van der Waals surface area contributed by atoms with Gasteiger partial charge in [-0.05, 0) is 28.3 Å². The largest absolute Gasteiger partial charge is 0.120 e. The second-order valence-electron chi connectivity index (χ2n) is 5.04. The number of hydrogen-bond donors (Lipinski definition) is 0. The number of hydrogen-bond acceptors (Lipinski definition) is 0. The Morgan fingerprint density at radius 3 is 2.33 bits per heavy atom. The summed E-state index contributed by atoms with van der Waals surface area (Å²) in [5, 5.41) is 2.66. The van der Waals surface area contributed by atoms with Gasteiger partial charge in [0.05, 0.1) is 0 Å². The van der Waals surface area contributed by atoms with Crippen LogP contribution in [0, 0.1) is 24.7 Å². The minimum Gasteiger partial charge on any atom is -0.120 e. The molecule has 0 aromatic heterocycles. The Morgan fingerprint density at radius 2 is 1.67 bits per heavy atom. The fourth-order valence-corrected chi connectivity index (χ4v) is 3.24. The molecule has 0 N–H and O–H groups in total. The minimum atomic E-state index is -0.0489. The Kier molecular flexibility index (Phi) is 2.39. The van der Waals surface area contributed by atoms with Crippen molar-refractivity contribution >= 4 is 10.8 Å². The molecule has 0 atom stereocenters. The first-order chi connectivity index (χ1) is 8.80. The van der Waals surface area contributed by atoms with E-state index < -0.39 is 0 Å². The molecule has 3 rings (SSSR count). The van der Waals surface area contributed by atoms with Crippen LogP contribution in [-0.2, 0) is 11.8 Å². The van der Waals surface area contributed by atoms with Crippen LogP contribution in [0.25, 0.3) is 10.8 Å². The fraction of sp³-hybridized carbons (Fsp3) is 0.222. The lowest BCUT2D eigenvalue weighted by Gasteiger charge is -2.26. The summed E-state index contributed by atoms with van der Waals surface area (Å²) in [4.78, 5) is 0. The minimum absolute atomic E-state index is 0.0489. The lowest BCUT2D eigenvalue weighted by atomic mass is 9.75. The zero-order chi connectivity index (χ0) is 12.6. The molecule has 0 saturated carbocycles. The topological polar surface area (TPSA) is 0 Å². The first-order valence-electron chi connectivity index (χ1n) is 6.19. The van der Waals surface area contributed by atoms with Crippen molar-refractivity contribution in [3.8, 4) is 24.7 Å². The maximum absolute atomic E-state index is 5.57. The van der Waals surface area contributed by atoms with Crippen LogP contribution in [0.5, 0.6) is 0 Å². The van der Waals surface area contributed by atoms with E-state index in [-0.39, 0.29) is 5.41 Å². The Balaban J connectivity index is 2.30. The quantitative estimate of drug-likeness (QED) is 0.690. The molecule has 0 radical (unpaired) electrons. The smallest absolute Gasteiger partial charge is 0.0218 e. The van der Waals surface area contributed by atoms with Crippen molar-refractivity contribution < 1.29 is 0 Å². The van der Waals surface area contributed by atoms with Crippen molar-refractivity contribution in [3.05, 3.63) is 47.5 Å². The van der Waals surface area contributed by atoms with Crippen LogP contribution < -0.4 is 0 Å². The van der Waals surface area contributed by atoms with E-state index in [1.807, 2.05) is 0 Å². The highest BCUT2D eigenvalue weighted by atomic mass is 14.4. The molecule has 0 nitrogen and oxygen atoms in total. The van der Waals surface area contributed by atoms with Crippen LogP contribution >= 0.6 is 0 Å². The van der Waals surface area contributed by atoms with Gasteiger partial charge in [-0.1, -0.05) is 36.4 Å². The standard InChI is InChI=1S/C18H14/c1-3-11-18(12-4-2)13-15-9-5-7-14-8-6-10-16(18)17(14)15/h1-2,5-10H,11-13H2. The van der Waals surface area contributed by atoms with Gasteiger partial charge in [-0.3, -0.25) is 0 Å². The summed E-state index contributed by atoms with van der Waals surface area (Å²) in [5.41, 5.74) is 2.67. The van der Waals surface area contributed by atoms with Gasteiger partial charge in [-0.2, -0.15) is 0 Å². The van der Waals surface area contributed by atoms with Gasteiger partial charge >= 0.3 is 0 Å². The SMILES string of the molecule is C#CCC1(CC#C)Cc2cccc3cccc1c23. The lowest BCUT2D eigenvalue weighted by Crippen LogP contribution is -2.24. The van der Waals surface area contributed by atoms with Crippen LogP contribution in [0.2, 0.25) is 0 Å². The molecule has 0 spiro atoms. The summed E-state index contributed by atoms with van der Waals surface area (Å²) in [6.45, 7) is 0. The van der Waals surface area contributed by atoms with Crippen molar-refractivity contribution in [1.29, 1.82) is 0 Å². The van der Waals surface area contributed by atoms with E-state index in [0.717, 1.165) is 6.42 Å². The summed E-state index contributed by atoms with van der Waals surface area (Å²) in [7, 11) is 0. The van der Waals surface area contributed by atoms with E-state index in [0.29, 0.717) is 12.8 Å². The van der Waals surface area contributed by atoms with Crippen LogP contribution in [0.15, 0.2) is 36.4 Å². The van der Waals surface area contributed by atoms with E-state index in [1.54, 1.807) is 0 Å². The van der Waals surface area contributed by atoms with E-state index >= 15 is 0 Å². The zero-order valence-electron chi connectivity index (χ0n) is 10.2. The van der Waals surface area contributed by atoms with Crippen molar-refractivity contribution in [3.63, 3.8) is 0 Å². The van der Waals surface area contributed by atoms with Crippen LogP contribution in [0.1, 0.15) is 24.0 Å². The van der Waals surface area contributed by atoms with E-state index in [9.17, 15) is 0 Å². The lowest BCUT2D eigenvalue weighted by molar-refractivity contribution is 0.465. The Bertz CT molecular complexity index is 671. The van der Waals surface area contributed by atoms with E-state index in [2.05, 4.69) is 48.2 Å². The number of terminal acetylenes is 2. The fourth-order valence-electron chi connectivity index (χ4n) is 3.24. The third-order valence-electron chi connectivity index (χ3n) is 3.97. The molecule has 2 aromatic rings. The molecule has 0 heterocycles. The maximum atomic E-state index is 5.57. The Hall–Kier alpha value is -2.18. The Labute approximate surface area is 108 Å². The number of benzene rings is 2. The maximum Gasteiger partial charge on any atom is 0.0218 e. The third-order valence-corrected chi connectivity index (χ3v) is 3.97. The van der Waals surface area contributed by atoms with Gasteiger partial charge in [-0.25, -0.2) is 0 Å². The van der Waals surface area contributed by atoms with Gasteiger partial charge in [0.25, 0.3) is 0 Å². The van der Waals surface area contributed by atoms with Gasteiger partial charge in [-0.15, -0.1) is 24.7 Å². The predicted molar refractivity (Wildman–Crippen MR) is 76.2 cm³/mol. The molecule has 0 saturated heterocycles. The van der Waals surface area contributed by atoms with Gasteiger partial charge in [0.1, 0.15) is 0 Å². The predicted octanol–water partition coefficient (Wildman–Crippen LogP) is 3.68. The first kappa shape index (κ1) is 10.9. The third kappa shape index (κ3) is 1.36. The molecule has 18 heavy (non-hydrogen) atoms. The summed E-state index contributed by atoms with van der Waals surface area (Å²) in [6.07, 6.45) is 13.5. The van der Waals surface area contributed by atoms with Gasteiger partial charge < -0.3 is 0 Å². The van der Waals surface area contributed by atoms with Gasteiger partial charge in [0, 0.05) is 18.3 Å². The van der Waals surface area contributed by atoms with Crippen molar-refractivity contribution in [2.75, 3.05) is 0 Å².